The van der Waals surface area contributed by atoms with Gasteiger partial charge >= 0.3 is 6.18 Å². The molecule has 186 valence electrons. The van der Waals surface area contributed by atoms with Gasteiger partial charge in [-0.1, -0.05) is 30.3 Å². The van der Waals surface area contributed by atoms with E-state index in [9.17, 15) is 18.0 Å². The van der Waals surface area contributed by atoms with Crippen LogP contribution in [0.2, 0.25) is 0 Å². The number of benzene rings is 2. The van der Waals surface area contributed by atoms with Crippen LogP contribution in [0.5, 0.6) is 0 Å². The van der Waals surface area contributed by atoms with E-state index in [-0.39, 0.29) is 12.2 Å². The average molecular weight is 503 g/mol. The van der Waals surface area contributed by atoms with Gasteiger partial charge in [0.25, 0.3) is 0 Å². The number of carbonyl (C=O) groups excluding carboxylic acids is 1. The maximum atomic E-state index is 13.1. The van der Waals surface area contributed by atoms with Crippen molar-refractivity contribution in [1.82, 2.24) is 24.5 Å². The molecule has 0 saturated carbocycles. The maximum absolute atomic E-state index is 13.1. The van der Waals surface area contributed by atoms with Gasteiger partial charge in [0, 0.05) is 42.7 Å². The smallest absolute Gasteiger partial charge is 0.338 e. The number of alkyl halides is 3. The molecule has 0 aliphatic rings. The maximum Gasteiger partial charge on any atom is 0.416 e. The number of ketones is 1. The molecule has 1 N–H and O–H groups in total. The summed E-state index contributed by atoms with van der Waals surface area (Å²) in [6.45, 7) is 1.88. The number of halogens is 3. The molecule has 0 aliphatic carbocycles. The van der Waals surface area contributed by atoms with E-state index >= 15 is 0 Å². The summed E-state index contributed by atoms with van der Waals surface area (Å²) >= 11 is 0. The first kappa shape index (κ1) is 24.1. The van der Waals surface area contributed by atoms with Crippen molar-refractivity contribution in [3.8, 4) is 11.4 Å². The van der Waals surface area contributed by atoms with Crippen LogP contribution in [0.1, 0.15) is 27.0 Å². The molecule has 0 radical (unpaired) electrons. The van der Waals surface area contributed by atoms with Crippen molar-refractivity contribution in [2.24, 2.45) is 7.05 Å². The van der Waals surface area contributed by atoms with Gasteiger partial charge in [0.05, 0.1) is 11.9 Å². The van der Waals surface area contributed by atoms with Crippen LogP contribution >= 0.6 is 0 Å². The fraction of sp³-hybridized carbons (Fsp3) is 0.148. The summed E-state index contributed by atoms with van der Waals surface area (Å²) < 4.78 is 41.0. The molecular weight excluding hydrogens is 481 g/mol. The van der Waals surface area contributed by atoms with Crippen LogP contribution in [0, 0.1) is 6.92 Å². The third kappa shape index (κ3) is 5.04. The molecule has 37 heavy (non-hydrogen) atoms. The van der Waals surface area contributed by atoms with Crippen molar-refractivity contribution in [2.75, 3.05) is 5.32 Å². The molecule has 0 amide bonds. The van der Waals surface area contributed by atoms with Gasteiger partial charge in [-0.25, -0.2) is 15.0 Å². The first-order valence-electron chi connectivity index (χ1n) is 11.4. The van der Waals surface area contributed by atoms with E-state index in [1.165, 1.54) is 12.1 Å². The zero-order chi connectivity index (χ0) is 26.2. The van der Waals surface area contributed by atoms with Crippen molar-refractivity contribution in [3.63, 3.8) is 0 Å². The molecule has 5 aromatic rings. The highest BCUT2D eigenvalue weighted by Gasteiger charge is 2.30. The van der Waals surface area contributed by atoms with E-state index in [1.807, 2.05) is 14.0 Å². The summed E-state index contributed by atoms with van der Waals surface area (Å²) in [6.07, 6.45) is 0.328. The molecule has 0 unspecified atom stereocenters. The molecule has 0 saturated heterocycles. The number of rotatable bonds is 6. The van der Waals surface area contributed by atoms with Gasteiger partial charge in [-0.15, -0.1) is 0 Å². The Morgan fingerprint density at radius 2 is 1.81 bits per heavy atom. The van der Waals surface area contributed by atoms with Crippen LogP contribution in [0.4, 0.5) is 24.7 Å². The first-order chi connectivity index (χ1) is 17.7. The predicted octanol–water partition coefficient (Wildman–Crippen LogP) is 5.92. The minimum atomic E-state index is -4.47. The minimum absolute atomic E-state index is 0.156. The Kier molecular flexibility index (Phi) is 6.16. The number of carbonyl (C=O) groups is 1. The molecule has 0 fully saturated rings. The normalized spacial score (nSPS) is 11.6. The van der Waals surface area contributed by atoms with E-state index in [4.69, 9.17) is 0 Å². The number of nitrogens with one attached hydrogen (secondary N) is 1. The zero-order valence-corrected chi connectivity index (χ0v) is 19.9. The Labute approximate surface area is 210 Å². The van der Waals surface area contributed by atoms with Crippen molar-refractivity contribution in [1.29, 1.82) is 0 Å². The van der Waals surface area contributed by atoms with Gasteiger partial charge in [0.1, 0.15) is 0 Å². The number of aromatic nitrogens is 5. The fourth-order valence-corrected chi connectivity index (χ4v) is 3.93. The highest BCUT2D eigenvalue weighted by molar-refractivity contribution is 5.99. The predicted molar refractivity (Wildman–Crippen MR) is 133 cm³/mol. The number of imidazole rings is 1. The number of pyridine rings is 1. The lowest BCUT2D eigenvalue weighted by molar-refractivity contribution is -0.137. The summed E-state index contributed by atoms with van der Waals surface area (Å²) in [5.41, 5.74) is 3.32. The van der Waals surface area contributed by atoms with Gasteiger partial charge in [0.2, 0.25) is 0 Å². The van der Waals surface area contributed by atoms with Crippen molar-refractivity contribution < 1.29 is 18.0 Å². The Morgan fingerprint density at radius 3 is 2.57 bits per heavy atom. The average Bonchev–Trinajstić information content (AvgIpc) is 3.26. The van der Waals surface area contributed by atoms with Crippen LogP contribution in [0.3, 0.4) is 0 Å². The third-order valence-electron chi connectivity index (χ3n) is 5.93. The highest BCUT2D eigenvalue weighted by atomic mass is 19.4. The van der Waals surface area contributed by atoms with E-state index < -0.39 is 11.7 Å². The number of hydrogen-bond donors (Lipinski definition) is 1. The molecule has 0 aliphatic heterocycles. The van der Waals surface area contributed by atoms with Crippen LogP contribution in [0.15, 0.2) is 73.3 Å². The second kappa shape index (κ2) is 9.45. The van der Waals surface area contributed by atoms with E-state index in [0.29, 0.717) is 39.6 Å². The van der Waals surface area contributed by atoms with E-state index in [2.05, 4.69) is 25.3 Å². The standard InChI is InChI=1S/C27H21F3N6O/c1-16-6-7-19(22(37)13-17-4-3-5-20(12-17)27(28,29)30)14-21(16)33-25-23-26(36(2)15-32-23)35-24(34-25)18-8-10-31-11-9-18/h3-12,14-15H,13H2,1-2H3,(H,33,34,35). The molecule has 3 aromatic heterocycles. The van der Waals surface area contributed by atoms with Gasteiger partial charge < -0.3 is 9.88 Å². The lowest BCUT2D eigenvalue weighted by Gasteiger charge is -2.13. The van der Waals surface area contributed by atoms with E-state index in [1.54, 1.807) is 53.6 Å². The molecule has 0 spiro atoms. The van der Waals surface area contributed by atoms with Gasteiger partial charge in [-0.2, -0.15) is 13.2 Å². The van der Waals surface area contributed by atoms with Crippen LogP contribution in [-0.2, 0) is 19.6 Å². The molecule has 10 heteroatoms. The van der Waals surface area contributed by atoms with Gasteiger partial charge in [-0.05, 0) is 42.3 Å². The molecule has 7 nitrogen and oxygen atoms in total. The SMILES string of the molecule is Cc1ccc(C(=O)Cc2cccc(C(F)(F)F)c2)cc1Nc1nc(-c2ccncc2)nc2c1ncn2C. The Morgan fingerprint density at radius 1 is 1.03 bits per heavy atom. The largest absolute Gasteiger partial charge is 0.416 e. The quantitative estimate of drug-likeness (QED) is 0.290. The first-order valence-corrected chi connectivity index (χ1v) is 11.4. The second-order valence-corrected chi connectivity index (χ2v) is 8.61. The number of Topliss-reactive ketones (excluding diaryl/α,β-unsaturated/α-hetero) is 1. The topological polar surface area (TPSA) is 85.6 Å². The summed E-state index contributed by atoms with van der Waals surface area (Å²) in [6, 6.07) is 13.5. The number of aryl methyl sites for hydroxylation is 2. The Hall–Kier alpha value is -4.60. The molecule has 2 aromatic carbocycles. The highest BCUT2D eigenvalue weighted by Crippen LogP contribution is 2.31. The van der Waals surface area contributed by atoms with Crippen LogP contribution < -0.4 is 5.32 Å². The molecule has 5 rings (SSSR count). The molecule has 0 atom stereocenters. The number of nitrogens with zero attached hydrogens (tertiary/aromatic N) is 5. The summed E-state index contributed by atoms with van der Waals surface area (Å²) in [5.74, 6) is 0.643. The Bertz CT molecular complexity index is 1610. The number of anilines is 2. The lowest BCUT2D eigenvalue weighted by atomic mass is 9.99. The minimum Gasteiger partial charge on any atom is -0.338 e. The molecular formula is C27H21F3N6O. The lowest BCUT2D eigenvalue weighted by Crippen LogP contribution is -2.08. The van der Waals surface area contributed by atoms with Gasteiger partial charge in [0.15, 0.2) is 28.6 Å². The van der Waals surface area contributed by atoms with Crippen molar-refractivity contribution in [3.05, 3.63) is 95.6 Å². The monoisotopic (exact) mass is 502 g/mol. The molecule has 0 bridgehead atoms. The molecule has 3 heterocycles. The van der Waals surface area contributed by atoms with Gasteiger partial charge in [-0.3, -0.25) is 9.78 Å². The van der Waals surface area contributed by atoms with Crippen LogP contribution in [0.25, 0.3) is 22.6 Å². The number of fused-ring (bicyclic) bond motifs is 1. The van der Waals surface area contributed by atoms with E-state index in [0.717, 1.165) is 23.3 Å². The summed E-state index contributed by atoms with van der Waals surface area (Å²) in [4.78, 5) is 30.8. The Balaban J connectivity index is 1.47. The zero-order valence-electron chi connectivity index (χ0n) is 19.9. The number of hydrogen-bond acceptors (Lipinski definition) is 6. The van der Waals surface area contributed by atoms with Crippen molar-refractivity contribution >= 4 is 28.5 Å². The second-order valence-electron chi connectivity index (χ2n) is 8.61. The summed E-state index contributed by atoms with van der Waals surface area (Å²) in [7, 11) is 1.83. The summed E-state index contributed by atoms with van der Waals surface area (Å²) in [5, 5.41) is 3.28. The van der Waals surface area contributed by atoms with Crippen molar-refractivity contribution in [2.45, 2.75) is 19.5 Å². The third-order valence-corrected chi connectivity index (χ3v) is 5.93. The fourth-order valence-electron chi connectivity index (χ4n) is 3.93. The van der Waals surface area contributed by atoms with Crippen LogP contribution in [-0.4, -0.2) is 30.3 Å².